The number of carbonyl (C=O) groups excluding carboxylic acids is 1. The summed E-state index contributed by atoms with van der Waals surface area (Å²) in [7, 11) is -1.92. The van der Waals surface area contributed by atoms with Gasteiger partial charge in [-0.25, -0.2) is 8.42 Å². The van der Waals surface area contributed by atoms with Crippen molar-refractivity contribution in [2.24, 2.45) is 0 Å². The van der Waals surface area contributed by atoms with E-state index in [9.17, 15) is 13.2 Å². The summed E-state index contributed by atoms with van der Waals surface area (Å²) in [5, 5.41) is 11.9. The van der Waals surface area contributed by atoms with Crippen molar-refractivity contribution in [3.05, 3.63) is 72.3 Å². The third kappa shape index (κ3) is 6.76. The fraction of sp³-hybridized carbons (Fsp3) is 0.385. The van der Waals surface area contributed by atoms with Gasteiger partial charge in [0.15, 0.2) is 0 Å². The maximum absolute atomic E-state index is 13.0. The second kappa shape index (κ2) is 11.9. The van der Waals surface area contributed by atoms with Gasteiger partial charge < -0.3 is 5.32 Å². The quantitative estimate of drug-likeness (QED) is 0.516. The Labute approximate surface area is 202 Å². The fourth-order valence-corrected chi connectivity index (χ4v) is 5.70. The van der Waals surface area contributed by atoms with E-state index in [-0.39, 0.29) is 23.4 Å². The lowest BCUT2D eigenvalue weighted by atomic mass is 9.96. The molecule has 0 aliphatic heterocycles. The van der Waals surface area contributed by atoms with Crippen molar-refractivity contribution < 1.29 is 13.2 Å². The molecule has 3 rings (SSSR count). The molecule has 0 unspecified atom stereocenters. The Balaban J connectivity index is 1.61. The molecule has 1 saturated carbocycles. The zero-order valence-corrected chi connectivity index (χ0v) is 20.4. The summed E-state index contributed by atoms with van der Waals surface area (Å²) in [6, 6.07) is 15.8. The third-order valence-electron chi connectivity index (χ3n) is 6.12. The predicted octanol–water partition coefficient (Wildman–Crippen LogP) is 4.14. The molecule has 0 atom stereocenters. The molecule has 7 nitrogen and oxygen atoms in total. The Morgan fingerprint density at radius 2 is 1.88 bits per heavy atom. The predicted molar refractivity (Wildman–Crippen MR) is 134 cm³/mol. The minimum absolute atomic E-state index is 0.0443. The van der Waals surface area contributed by atoms with E-state index in [1.165, 1.54) is 4.31 Å². The SMILES string of the molecule is C=CCN(CC(=O)Nc1ccc(S(=O)(=O)N(C)C2CCCCC2)cc1)Cc1cccc(C#N)c1. The molecule has 2 aromatic carbocycles. The third-order valence-corrected chi connectivity index (χ3v) is 8.05. The van der Waals surface area contributed by atoms with Crippen molar-refractivity contribution in [1.29, 1.82) is 5.26 Å². The zero-order chi connectivity index (χ0) is 24.6. The van der Waals surface area contributed by atoms with E-state index < -0.39 is 10.0 Å². The van der Waals surface area contributed by atoms with Crippen LogP contribution in [0.15, 0.2) is 66.1 Å². The number of nitrogens with zero attached hydrogens (tertiary/aromatic N) is 3. The number of sulfonamides is 1. The van der Waals surface area contributed by atoms with Gasteiger partial charge in [-0.15, -0.1) is 6.58 Å². The molecule has 8 heteroatoms. The number of amides is 1. The number of rotatable bonds is 10. The van der Waals surface area contributed by atoms with Crippen molar-refractivity contribution in [2.75, 3.05) is 25.5 Å². The van der Waals surface area contributed by atoms with Gasteiger partial charge in [0.25, 0.3) is 0 Å². The van der Waals surface area contributed by atoms with Gasteiger partial charge in [-0.05, 0) is 54.8 Å². The molecule has 34 heavy (non-hydrogen) atoms. The number of anilines is 1. The maximum Gasteiger partial charge on any atom is 0.243 e. The molecule has 0 aromatic heterocycles. The Morgan fingerprint density at radius 3 is 2.53 bits per heavy atom. The maximum atomic E-state index is 13.0. The van der Waals surface area contributed by atoms with Gasteiger partial charge in [0.05, 0.1) is 23.1 Å². The van der Waals surface area contributed by atoms with Crippen LogP contribution in [0.2, 0.25) is 0 Å². The number of hydrogen-bond acceptors (Lipinski definition) is 5. The molecule has 1 aliphatic carbocycles. The van der Waals surface area contributed by atoms with Gasteiger partial charge in [-0.3, -0.25) is 9.69 Å². The zero-order valence-electron chi connectivity index (χ0n) is 19.6. The molecular formula is C26H32N4O3S. The molecule has 1 amide bonds. The highest BCUT2D eigenvalue weighted by Crippen LogP contribution is 2.27. The van der Waals surface area contributed by atoms with Gasteiger partial charge in [-0.1, -0.05) is 37.5 Å². The van der Waals surface area contributed by atoms with Gasteiger partial charge in [0.1, 0.15) is 0 Å². The number of nitrogens with one attached hydrogen (secondary N) is 1. The minimum Gasteiger partial charge on any atom is -0.325 e. The van der Waals surface area contributed by atoms with Crippen LogP contribution >= 0.6 is 0 Å². The second-order valence-corrected chi connectivity index (χ2v) is 10.7. The molecule has 0 saturated heterocycles. The van der Waals surface area contributed by atoms with E-state index in [1.807, 2.05) is 17.0 Å². The van der Waals surface area contributed by atoms with Crippen molar-refractivity contribution in [2.45, 2.75) is 49.6 Å². The summed E-state index contributed by atoms with van der Waals surface area (Å²) in [6.07, 6.45) is 6.79. The van der Waals surface area contributed by atoms with Crippen LogP contribution in [0.25, 0.3) is 0 Å². The summed E-state index contributed by atoms with van der Waals surface area (Å²) in [6.45, 7) is 4.90. The van der Waals surface area contributed by atoms with Gasteiger partial charge >= 0.3 is 0 Å². The van der Waals surface area contributed by atoms with Crippen molar-refractivity contribution in [3.63, 3.8) is 0 Å². The lowest BCUT2D eigenvalue weighted by Gasteiger charge is -2.30. The largest absolute Gasteiger partial charge is 0.325 e. The first-order chi connectivity index (χ1) is 16.3. The highest BCUT2D eigenvalue weighted by atomic mass is 32.2. The van der Waals surface area contributed by atoms with Gasteiger partial charge in [-0.2, -0.15) is 9.57 Å². The van der Waals surface area contributed by atoms with E-state index in [0.717, 1.165) is 37.7 Å². The highest BCUT2D eigenvalue weighted by molar-refractivity contribution is 7.89. The normalized spacial score (nSPS) is 14.6. The molecule has 0 heterocycles. The monoisotopic (exact) mass is 480 g/mol. The number of nitriles is 1. The van der Waals surface area contributed by atoms with E-state index >= 15 is 0 Å². The van der Waals surface area contributed by atoms with Crippen LogP contribution in [0.1, 0.15) is 43.2 Å². The molecule has 2 aromatic rings. The number of carbonyl (C=O) groups is 1. The van der Waals surface area contributed by atoms with Crippen LogP contribution in [0.4, 0.5) is 5.69 Å². The van der Waals surface area contributed by atoms with Crippen LogP contribution in [-0.2, 0) is 21.4 Å². The highest BCUT2D eigenvalue weighted by Gasteiger charge is 2.29. The lowest BCUT2D eigenvalue weighted by molar-refractivity contribution is -0.117. The fourth-order valence-electron chi connectivity index (χ4n) is 4.29. The molecule has 1 fully saturated rings. The molecular weight excluding hydrogens is 448 g/mol. The molecule has 1 N–H and O–H groups in total. The van der Waals surface area contributed by atoms with E-state index in [1.54, 1.807) is 49.5 Å². The van der Waals surface area contributed by atoms with E-state index in [0.29, 0.717) is 24.3 Å². The van der Waals surface area contributed by atoms with Crippen LogP contribution < -0.4 is 5.32 Å². The summed E-state index contributed by atoms with van der Waals surface area (Å²) >= 11 is 0. The smallest absolute Gasteiger partial charge is 0.243 e. The molecule has 180 valence electrons. The van der Waals surface area contributed by atoms with Crippen LogP contribution in [0.5, 0.6) is 0 Å². The average Bonchev–Trinajstić information content (AvgIpc) is 2.84. The average molecular weight is 481 g/mol. The second-order valence-electron chi connectivity index (χ2n) is 8.66. The molecule has 0 bridgehead atoms. The first-order valence-electron chi connectivity index (χ1n) is 11.5. The summed E-state index contributed by atoms with van der Waals surface area (Å²) < 4.78 is 27.5. The molecule has 0 spiro atoms. The summed E-state index contributed by atoms with van der Waals surface area (Å²) in [4.78, 5) is 14.8. The Hall–Kier alpha value is -2.99. The summed E-state index contributed by atoms with van der Waals surface area (Å²) in [5.74, 6) is -0.215. The van der Waals surface area contributed by atoms with Gasteiger partial charge in [0.2, 0.25) is 15.9 Å². The van der Waals surface area contributed by atoms with Crippen molar-refractivity contribution >= 4 is 21.6 Å². The first-order valence-corrected chi connectivity index (χ1v) is 13.0. The Bertz CT molecular complexity index is 1130. The number of hydrogen-bond donors (Lipinski definition) is 1. The van der Waals surface area contributed by atoms with Crippen LogP contribution in [0.3, 0.4) is 0 Å². The minimum atomic E-state index is -3.57. The van der Waals surface area contributed by atoms with Crippen LogP contribution in [0, 0.1) is 11.3 Å². The summed E-state index contributed by atoms with van der Waals surface area (Å²) in [5.41, 5.74) is 2.05. The number of benzene rings is 2. The van der Waals surface area contributed by atoms with E-state index in [4.69, 9.17) is 5.26 Å². The standard InChI is InChI=1S/C26H32N4O3S/c1-3-16-30(19-22-9-7-8-21(17-22)18-27)20-26(31)28-23-12-14-25(15-13-23)34(32,33)29(2)24-10-5-4-6-11-24/h3,7-9,12-15,17,24H,1,4-6,10-11,16,19-20H2,2H3,(H,28,31). The molecule has 1 aliphatic rings. The van der Waals surface area contributed by atoms with Crippen molar-refractivity contribution in [1.82, 2.24) is 9.21 Å². The first kappa shape index (κ1) is 25.6. The molecule has 0 radical (unpaired) electrons. The lowest BCUT2D eigenvalue weighted by Crippen LogP contribution is -2.38. The Morgan fingerprint density at radius 1 is 1.18 bits per heavy atom. The van der Waals surface area contributed by atoms with Crippen molar-refractivity contribution in [3.8, 4) is 6.07 Å². The topological polar surface area (TPSA) is 93.5 Å². The van der Waals surface area contributed by atoms with E-state index in [2.05, 4.69) is 18.0 Å². The van der Waals surface area contributed by atoms with Crippen LogP contribution in [-0.4, -0.2) is 49.7 Å². The Kier molecular flexibility index (Phi) is 8.99. The van der Waals surface area contributed by atoms with Gasteiger partial charge in [0, 0.05) is 31.9 Å².